The summed E-state index contributed by atoms with van der Waals surface area (Å²) >= 11 is 0. The first kappa shape index (κ1) is 13.0. The highest BCUT2D eigenvalue weighted by Gasteiger charge is 2.00. The van der Waals surface area contributed by atoms with Gasteiger partial charge in [0.05, 0.1) is 13.0 Å². The Kier molecular flexibility index (Phi) is 5.53. The van der Waals surface area contributed by atoms with Crippen LogP contribution in [0.15, 0.2) is 30.3 Å². The van der Waals surface area contributed by atoms with Crippen molar-refractivity contribution in [2.75, 3.05) is 6.61 Å². The van der Waals surface area contributed by atoms with Gasteiger partial charge in [-0.15, -0.1) is 0 Å². The molecule has 1 aromatic rings. The van der Waals surface area contributed by atoms with E-state index in [1.165, 1.54) is 0 Å². The maximum absolute atomic E-state index is 11.5. The minimum atomic E-state index is -0.283. The zero-order chi connectivity index (χ0) is 12.5. The third-order valence-electron chi connectivity index (χ3n) is 2.00. The summed E-state index contributed by atoms with van der Waals surface area (Å²) in [6.45, 7) is 2.12. The van der Waals surface area contributed by atoms with E-state index in [1.54, 1.807) is 31.2 Å². The summed E-state index contributed by atoms with van der Waals surface area (Å²) < 4.78 is 4.74. The first-order valence-corrected chi connectivity index (χ1v) is 5.48. The van der Waals surface area contributed by atoms with E-state index in [1.807, 2.05) is 6.07 Å². The Balaban J connectivity index is 2.40. The summed E-state index contributed by atoms with van der Waals surface area (Å²) in [5.41, 5.74) is 0.566. The Hall–Kier alpha value is -2.08. The van der Waals surface area contributed by atoms with Crippen molar-refractivity contribution in [3.05, 3.63) is 35.9 Å². The highest BCUT2D eigenvalue weighted by Crippen LogP contribution is 1.99. The summed E-state index contributed by atoms with van der Waals surface area (Å²) in [4.78, 5) is 22.5. The summed E-state index contributed by atoms with van der Waals surface area (Å²) in [5, 5.41) is 0. The maximum Gasteiger partial charge on any atom is 0.306 e. The molecule has 0 radical (unpaired) electrons. The van der Waals surface area contributed by atoms with E-state index >= 15 is 0 Å². The number of Topliss-reactive ketones (excluding diaryl/α,β-unsaturated/α-hetero) is 1. The van der Waals surface area contributed by atoms with Crippen LogP contribution in [0.25, 0.3) is 0 Å². The van der Waals surface area contributed by atoms with Crippen LogP contribution in [0.2, 0.25) is 0 Å². The molecule has 0 saturated heterocycles. The van der Waals surface area contributed by atoms with Crippen LogP contribution in [0.4, 0.5) is 0 Å². The van der Waals surface area contributed by atoms with Crippen LogP contribution in [-0.2, 0) is 9.53 Å². The first-order valence-electron chi connectivity index (χ1n) is 5.48. The number of hydrogen-bond donors (Lipinski definition) is 0. The Morgan fingerprint density at radius 1 is 1.24 bits per heavy atom. The Labute approximate surface area is 101 Å². The number of carbonyl (C=O) groups excluding carboxylic acids is 2. The van der Waals surface area contributed by atoms with Crippen LogP contribution < -0.4 is 0 Å². The van der Waals surface area contributed by atoms with Gasteiger partial charge in [0.2, 0.25) is 5.78 Å². The van der Waals surface area contributed by atoms with Gasteiger partial charge in [-0.2, -0.15) is 0 Å². The molecule has 0 fully saturated rings. The molecule has 0 bridgehead atoms. The van der Waals surface area contributed by atoms with Crippen molar-refractivity contribution in [3.63, 3.8) is 0 Å². The topological polar surface area (TPSA) is 43.4 Å². The predicted molar refractivity (Wildman–Crippen MR) is 64.4 cm³/mol. The van der Waals surface area contributed by atoms with E-state index in [2.05, 4.69) is 11.8 Å². The molecule has 0 N–H and O–H groups in total. The summed E-state index contributed by atoms with van der Waals surface area (Å²) in [6.07, 6.45) is 0.570. The molecule has 17 heavy (non-hydrogen) atoms. The number of ketones is 1. The molecule has 1 rings (SSSR count). The van der Waals surface area contributed by atoms with Crippen molar-refractivity contribution in [1.82, 2.24) is 0 Å². The molecule has 0 saturated carbocycles. The number of rotatable bonds is 4. The number of ether oxygens (including phenoxy) is 1. The van der Waals surface area contributed by atoms with Gasteiger partial charge in [0, 0.05) is 12.0 Å². The van der Waals surface area contributed by atoms with E-state index in [0.29, 0.717) is 18.6 Å². The molecule has 0 aromatic heterocycles. The van der Waals surface area contributed by atoms with Crippen LogP contribution in [0.5, 0.6) is 0 Å². The molecule has 1 aromatic carbocycles. The lowest BCUT2D eigenvalue weighted by molar-refractivity contribution is -0.142. The fraction of sp³-hybridized carbons (Fsp3) is 0.286. The third kappa shape index (κ3) is 4.98. The monoisotopic (exact) mass is 230 g/mol. The Bertz CT molecular complexity index is 438. The van der Waals surface area contributed by atoms with Crippen LogP contribution in [-0.4, -0.2) is 18.4 Å². The van der Waals surface area contributed by atoms with Crippen molar-refractivity contribution in [2.45, 2.75) is 19.8 Å². The summed E-state index contributed by atoms with van der Waals surface area (Å²) in [7, 11) is 0. The second-order valence-electron chi connectivity index (χ2n) is 3.30. The zero-order valence-electron chi connectivity index (χ0n) is 9.73. The van der Waals surface area contributed by atoms with E-state index < -0.39 is 0 Å². The van der Waals surface area contributed by atoms with Crippen molar-refractivity contribution < 1.29 is 14.3 Å². The molecule has 0 aliphatic carbocycles. The second kappa shape index (κ2) is 7.24. The predicted octanol–water partition coefficient (Wildman–Crippen LogP) is 2.22. The lowest BCUT2D eigenvalue weighted by Gasteiger charge is -1.96. The average Bonchev–Trinajstić information content (AvgIpc) is 2.36. The molecule has 0 aliphatic heterocycles. The quantitative estimate of drug-likeness (QED) is 0.345. The van der Waals surface area contributed by atoms with E-state index in [9.17, 15) is 9.59 Å². The number of benzene rings is 1. The standard InChI is InChI=1S/C14H14O3/c1-2-17-14(16)11-7-6-10-13(15)12-8-4-3-5-9-12/h3-5,8-9H,2,7,11H2,1H3. The molecule has 0 unspecified atom stereocenters. The molecule has 3 nitrogen and oxygen atoms in total. The van der Waals surface area contributed by atoms with Gasteiger partial charge in [-0.3, -0.25) is 9.59 Å². The van der Waals surface area contributed by atoms with Gasteiger partial charge < -0.3 is 4.74 Å². The van der Waals surface area contributed by atoms with Crippen LogP contribution >= 0.6 is 0 Å². The Morgan fingerprint density at radius 2 is 1.94 bits per heavy atom. The molecule has 0 spiro atoms. The number of carbonyl (C=O) groups is 2. The third-order valence-corrected chi connectivity index (χ3v) is 2.00. The van der Waals surface area contributed by atoms with Crippen molar-refractivity contribution in [2.24, 2.45) is 0 Å². The lowest BCUT2D eigenvalue weighted by Crippen LogP contribution is -2.02. The van der Waals surface area contributed by atoms with E-state index in [4.69, 9.17) is 4.74 Å². The fourth-order valence-corrected chi connectivity index (χ4v) is 1.20. The molecule has 0 aliphatic rings. The molecule has 0 atom stereocenters. The van der Waals surface area contributed by atoms with Gasteiger partial charge in [0.25, 0.3) is 0 Å². The molecule has 0 heterocycles. The largest absolute Gasteiger partial charge is 0.466 e. The maximum atomic E-state index is 11.5. The summed E-state index contributed by atoms with van der Waals surface area (Å²) in [5.74, 6) is 4.66. The highest BCUT2D eigenvalue weighted by molar-refractivity contribution is 6.08. The highest BCUT2D eigenvalue weighted by atomic mass is 16.5. The SMILES string of the molecule is CCOC(=O)CCC#CC(=O)c1ccccc1. The van der Waals surface area contributed by atoms with E-state index in [-0.39, 0.29) is 18.2 Å². The van der Waals surface area contributed by atoms with Gasteiger partial charge in [-0.1, -0.05) is 36.3 Å². The van der Waals surface area contributed by atoms with Gasteiger partial charge in [0.1, 0.15) is 0 Å². The van der Waals surface area contributed by atoms with Crippen molar-refractivity contribution in [1.29, 1.82) is 0 Å². The fourth-order valence-electron chi connectivity index (χ4n) is 1.20. The van der Waals surface area contributed by atoms with Gasteiger partial charge in [-0.25, -0.2) is 0 Å². The van der Waals surface area contributed by atoms with Gasteiger partial charge in [0.15, 0.2) is 0 Å². The van der Waals surface area contributed by atoms with Crippen molar-refractivity contribution >= 4 is 11.8 Å². The molecular formula is C14H14O3. The zero-order valence-corrected chi connectivity index (χ0v) is 9.73. The van der Waals surface area contributed by atoms with Crippen LogP contribution in [0, 0.1) is 11.8 Å². The van der Waals surface area contributed by atoms with Gasteiger partial charge in [-0.05, 0) is 12.8 Å². The minimum Gasteiger partial charge on any atom is -0.466 e. The number of hydrogen-bond acceptors (Lipinski definition) is 3. The van der Waals surface area contributed by atoms with Gasteiger partial charge >= 0.3 is 5.97 Å². The van der Waals surface area contributed by atoms with Crippen LogP contribution in [0.3, 0.4) is 0 Å². The molecular weight excluding hydrogens is 216 g/mol. The second-order valence-corrected chi connectivity index (χ2v) is 3.30. The molecule has 88 valence electrons. The summed E-state index contributed by atoms with van der Waals surface area (Å²) in [6, 6.07) is 8.83. The minimum absolute atomic E-state index is 0.225. The van der Waals surface area contributed by atoms with E-state index in [0.717, 1.165) is 0 Å². The average molecular weight is 230 g/mol. The van der Waals surface area contributed by atoms with Crippen LogP contribution in [0.1, 0.15) is 30.1 Å². The normalized spacial score (nSPS) is 9.00. The molecule has 0 amide bonds. The first-order chi connectivity index (χ1) is 8.24. The van der Waals surface area contributed by atoms with Crippen molar-refractivity contribution in [3.8, 4) is 11.8 Å². The number of esters is 1. The lowest BCUT2D eigenvalue weighted by atomic mass is 10.1. The Morgan fingerprint density at radius 3 is 2.59 bits per heavy atom. The molecule has 3 heteroatoms. The smallest absolute Gasteiger partial charge is 0.306 e.